The van der Waals surface area contributed by atoms with Gasteiger partial charge >= 0.3 is 0 Å². The molecule has 3 heterocycles. The molecular formula is C45H41BN2S. The van der Waals surface area contributed by atoms with Crippen LogP contribution in [0.3, 0.4) is 0 Å². The summed E-state index contributed by atoms with van der Waals surface area (Å²) in [5.41, 5.74) is 14.8. The third kappa shape index (κ3) is 4.64. The fourth-order valence-electron chi connectivity index (χ4n) is 8.40. The number of aromatic nitrogens is 2. The van der Waals surface area contributed by atoms with E-state index in [1.165, 1.54) is 92.2 Å². The van der Waals surface area contributed by atoms with Gasteiger partial charge in [0.2, 0.25) is 6.71 Å². The average Bonchev–Trinajstić information content (AvgIpc) is 3.65. The van der Waals surface area contributed by atoms with Crippen molar-refractivity contribution in [1.82, 2.24) is 9.55 Å². The largest absolute Gasteiger partial charge is 0.354 e. The maximum atomic E-state index is 3.78. The number of hydrogen-bond acceptors (Lipinski definition) is 1. The predicted molar refractivity (Wildman–Crippen MR) is 214 cm³/mol. The van der Waals surface area contributed by atoms with Crippen LogP contribution in [0.5, 0.6) is 0 Å². The van der Waals surface area contributed by atoms with E-state index in [2.05, 4.69) is 166 Å². The number of aromatic amines is 1. The summed E-state index contributed by atoms with van der Waals surface area (Å²) in [7, 11) is 0. The maximum Gasteiger partial charge on any atom is 0.244 e. The van der Waals surface area contributed by atoms with Crippen molar-refractivity contribution in [3.63, 3.8) is 0 Å². The van der Waals surface area contributed by atoms with Gasteiger partial charge < -0.3 is 9.55 Å². The predicted octanol–water partition coefficient (Wildman–Crippen LogP) is 10.8. The Morgan fingerprint density at radius 2 is 1.24 bits per heavy atom. The second kappa shape index (κ2) is 11.5. The molecule has 49 heavy (non-hydrogen) atoms. The van der Waals surface area contributed by atoms with Crippen molar-refractivity contribution in [3.05, 3.63) is 132 Å². The molecule has 9 rings (SSSR count). The maximum absolute atomic E-state index is 3.78. The zero-order valence-electron chi connectivity index (χ0n) is 29.1. The quantitative estimate of drug-likeness (QED) is 0.184. The fourth-order valence-corrected chi connectivity index (χ4v) is 9.57. The van der Waals surface area contributed by atoms with Crippen molar-refractivity contribution >= 4 is 78.5 Å². The van der Waals surface area contributed by atoms with Crippen LogP contribution in [0.2, 0.25) is 0 Å². The molecule has 0 bridgehead atoms. The molecule has 0 saturated carbocycles. The van der Waals surface area contributed by atoms with Gasteiger partial charge in [0.25, 0.3) is 0 Å². The van der Waals surface area contributed by atoms with Gasteiger partial charge in [-0.25, -0.2) is 0 Å². The highest BCUT2D eigenvalue weighted by atomic mass is 32.2. The molecular weight excluding hydrogens is 611 g/mol. The molecule has 1 aliphatic heterocycles. The molecule has 0 aliphatic carbocycles. The number of benzene rings is 6. The van der Waals surface area contributed by atoms with Crippen LogP contribution in [0.1, 0.15) is 76.0 Å². The van der Waals surface area contributed by atoms with E-state index < -0.39 is 0 Å². The standard InChI is InChI=1S/C45H41BN2S/c1-26(2)29-23-34(27(3)4)44(35(24-29)28(5)6)46-36-15-9-12-18-41(36)49-42-25-30(19-21-37(42)46)48-39-17-11-8-14-33(39)43-40(48)22-20-32-31-13-7-10-16-38(31)47-45(32)43/h7-28,47H,1-6H3. The van der Waals surface area contributed by atoms with Crippen LogP contribution in [0.25, 0.3) is 49.3 Å². The van der Waals surface area contributed by atoms with Crippen LogP contribution in [-0.2, 0) is 0 Å². The van der Waals surface area contributed by atoms with Gasteiger partial charge in [0.1, 0.15) is 0 Å². The van der Waals surface area contributed by atoms with Crippen molar-refractivity contribution in [1.29, 1.82) is 0 Å². The second-order valence-electron chi connectivity index (χ2n) is 14.8. The first kappa shape index (κ1) is 30.4. The van der Waals surface area contributed by atoms with Crippen LogP contribution in [0.15, 0.2) is 125 Å². The summed E-state index contributed by atoms with van der Waals surface area (Å²) in [6.07, 6.45) is 0. The van der Waals surface area contributed by atoms with E-state index in [-0.39, 0.29) is 6.71 Å². The molecule has 240 valence electrons. The van der Waals surface area contributed by atoms with Gasteiger partial charge in [-0.1, -0.05) is 149 Å². The molecule has 0 spiro atoms. The lowest BCUT2D eigenvalue weighted by atomic mass is 9.34. The van der Waals surface area contributed by atoms with Crippen LogP contribution in [0, 0.1) is 0 Å². The minimum atomic E-state index is 0.182. The van der Waals surface area contributed by atoms with Crippen LogP contribution >= 0.6 is 11.8 Å². The number of nitrogens with one attached hydrogen (secondary N) is 1. The zero-order valence-corrected chi connectivity index (χ0v) is 30.0. The number of para-hydroxylation sites is 2. The highest BCUT2D eigenvalue weighted by Gasteiger charge is 2.36. The molecule has 4 heteroatoms. The van der Waals surface area contributed by atoms with Crippen molar-refractivity contribution in [2.24, 2.45) is 0 Å². The smallest absolute Gasteiger partial charge is 0.244 e. The van der Waals surface area contributed by atoms with Crippen LogP contribution in [0.4, 0.5) is 0 Å². The van der Waals surface area contributed by atoms with E-state index in [4.69, 9.17) is 0 Å². The summed E-state index contributed by atoms with van der Waals surface area (Å²) in [5.74, 6) is 1.34. The van der Waals surface area contributed by atoms with E-state index in [0.717, 1.165) is 0 Å². The molecule has 2 aromatic heterocycles. The molecule has 1 aliphatic rings. The van der Waals surface area contributed by atoms with E-state index >= 15 is 0 Å². The molecule has 0 radical (unpaired) electrons. The minimum absolute atomic E-state index is 0.182. The third-order valence-corrected chi connectivity index (χ3v) is 12.0. The van der Waals surface area contributed by atoms with Crippen LogP contribution in [-0.4, -0.2) is 16.3 Å². The van der Waals surface area contributed by atoms with E-state index in [1.807, 2.05) is 11.8 Å². The first-order valence-corrected chi connectivity index (χ1v) is 18.6. The van der Waals surface area contributed by atoms with E-state index in [1.54, 1.807) is 0 Å². The zero-order chi connectivity index (χ0) is 33.6. The molecule has 1 N–H and O–H groups in total. The molecule has 0 saturated heterocycles. The summed E-state index contributed by atoms with van der Waals surface area (Å²) in [6, 6.07) is 43.5. The Morgan fingerprint density at radius 1 is 0.571 bits per heavy atom. The fraction of sp³-hybridized carbons (Fsp3) is 0.200. The molecule has 6 aromatic carbocycles. The summed E-state index contributed by atoms with van der Waals surface area (Å²) in [6.45, 7) is 14.3. The normalized spacial score (nSPS) is 13.1. The molecule has 8 aromatic rings. The third-order valence-electron chi connectivity index (χ3n) is 10.8. The lowest BCUT2D eigenvalue weighted by Crippen LogP contribution is -2.57. The average molecular weight is 653 g/mol. The molecule has 2 nitrogen and oxygen atoms in total. The van der Waals surface area contributed by atoms with Gasteiger partial charge in [0.15, 0.2) is 0 Å². The lowest BCUT2D eigenvalue weighted by Gasteiger charge is -2.32. The lowest BCUT2D eigenvalue weighted by molar-refractivity contribution is 0.812. The number of hydrogen-bond donors (Lipinski definition) is 1. The summed E-state index contributed by atoms with van der Waals surface area (Å²) >= 11 is 1.93. The van der Waals surface area contributed by atoms with Crippen molar-refractivity contribution in [3.8, 4) is 5.69 Å². The van der Waals surface area contributed by atoms with Gasteiger partial charge in [-0.2, -0.15) is 0 Å². The number of nitrogens with zero attached hydrogens (tertiary/aromatic N) is 1. The first-order chi connectivity index (χ1) is 23.8. The number of fused-ring (bicyclic) bond motifs is 9. The Hall–Kier alpha value is -4.67. The molecule has 0 amide bonds. The molecule has 0 fully saturated rings. The summed E-state index contributed by atoms with van der Waals surface area (Å²) in [5, 5.41) is 5.11. The SMILES string of the molecule is CC(C)c1cc(C(C)C)c(B2c3ccccc3Sc3cc(-n4c5ccccc5c5c6[nH]c7ccccc7c6ccc54)ccc32)c(C(C)C)c1. The van der Waals surface area contributed by atoms with Gasteiger partial charge in [0.05, 0.1) is 16.6 Å². The van der Waals surface area contributed by atoms with E-state index in [0.29, 0.717) is 17.8 Å². The van der Waals surface area contributed by atoms with E-state index in [9.17, 15) is 0 Å². The molecule has 0 atom stereocenters. The Morgan fingerprint density at radius 3 is 2.00 bits per heavy atom. The van der Waals surface area contributed by atoms with Gasteiger partial charge in [-0.15, -0.1) is 0 Å². The van der Waals surface area contributed by atoms with Crippen molar-refractivity contribution in [2.45, 2.75) is 69.1 Å². The van der Waals surface area contributed by atoms with Crippen LogP contribution < -0.4 is 16.4 Å². The first-order valence-electron chi connectivity index (χ1n) is 17.8. The van der Waals surface area contributed by atoms with Gasteiger partial charge in [-0.05, 0) is 70.8 Å². The molecule has 0 unspecified atom stereocenters. The summed E-state index contributed by atoms with van der Waals surface area (Å²) < 4.78 is 2.47. The van der Waals surface area contributed by atoms with Gasteiger partial charge in [-0.3, -0.25) is 0 Å². The van der Waals surface area contributed by atoms with Gasteiger partial charge in [0, 0.05) is 42.5 Å². The Balaban J connectivity index is 1.30. The second-order valence-corrected chi connectivity index (χ2v) is 15.9. The highest BCUT2D eigenvalue weighted by Crippen LogP contribution is 2.40. The minimum Gasteiger partial charge on any atom is -0.354 e. The van der Waals surface area contributed by atoms with Crippen molar-refractivity contribution in [2.75, 3.05) is 0 Å². The Labute approximate surface area is 293 Å². The number of rotatable bonds is 5. The van der Waals surface area contributed by atoms with Crippen molar-refractivity contribution < 1.29 is 0 Å². The Bertz CT molecular complexity index is 2550. The monoisotopic (exact) mass is 652 g/mol. The number of H-pyrrole nitrogens is 1. The summed E-state index contributed by atoms with van der Waals surface area (Å²) in [4.78, 5) is 6.49. The topological polar surface area (TPSA) is 20.7 Å². The Kier molecular flexibility index (Phi) is 7.11. The highest BCUT2D eigenvalue weighted by molar-refractivity contribution is 8.00.